The molecule has 0 spiro atoms. The Balaban J connectivity index is 1.71. The van der Waals surface area contributed by atoms with E-state index in [1.807, 2.05) is 24.4 Å². The highest BCUT2D eigenvalue weighted by Gasteiger charge is 2.23. The van der Waals surface area contributed by atoms with Gasteiger partial charge in [0.2, 0.25) is 4.77 Å². The number of nitrogens with zero attached hydrogens (tertiary/aromatic N) is 3. The fraction of sp³-hybridized carbons (Fsp3) is 0.267. The fourth-order valence-electron chi connectivity index (χ4n) is 2.73. The predicted octanol–water partition coefficient (Wildman–Crippen LogP) is 3.16. The van der Waals surface area contributed by atoms with Crippen LogP contribution in [0, 0.1) is 4.77 Å². The quantitative estimate of drug-likeness (QED) is 0.576. The first-order valence-electron chi connectivity index (χ1n) is 7.22. The Morgan fingerprint density at radius 1 is 1.41 bits per heavy atom. The highest BCUT2D eigenvalue weighted by atomic mass is 32.1. The van der Waals surface area contributed by atoms with E-state index in [4.69, 9.17) is 17.0 Å². The molecule has 1 unspecified atom stereocenters. The number of H-pyrrole nitrogens is 2. The van der Waals surface area contributed by atoms with Crippen molar-refractivity contribution >= 4 is 29.3 Å². The predicted molar refractivity (Wildman–Crippen MR) is 86.6 cm³/mol. The molecule has 2 N–H and O–H groups in total. The molecule has 22 heavy (non-hydrogen) atoms. The lowest BCUT2D eigenvalue weighted by molar-refractivity contribution is 0.102. The number of hydrogen-bond donors (Lipinski definition) is 2. The lowest BCUT2D eigenvalue weighted by Crippen LogP contribution is -2.05. The van der Waals surface area contributed by atoms with Crippen molar-refractivity contribution in [1.29, 1.82) is 0 Å². The van der Waals surface area contributed by atoms with Crippen molar-refractivity contribution in [3.63, 3.8) is 0 Å². The number of aromatic amines is 2. The minimum absolute atomic E-state index is 0.0342. The maximum Gasteiger partial charge on any atom is 0.216 e. The van der Waals surface area contributed by atoms with E-state index in [1.54, 1.807) is 10.9 Å². The van der Waals surface area contributed by atoms with E-state index >= 15 is 0 Å². The zero-order valence-electron chi connectivity index (χ0n) is 11.8. The van der Waals surface area contributed by atoms with Crippen LogP contribution in [0.15, 0.2) is 35.6 Å². The van der Waals surface area contributed by atoms with E-state index in [0.29, 0.717) is 4.77 Å². The molecule has 1 aliphatic heterocycles. The number of benzene rings is 1. The Labute approximate surface area is 131 Å². The maximum atomic E-state index is 5.67. The van der Waals surface area contributed by atoms with Crippen molar-refractivity contribution in [2.75, 3.05) is 6.61 Å². The normalized spacial score (nSPS) is 18.6. The average molecular weight is 313 g/mol. The number of ether oxygens (including phenoxy) is 1. The third-order valence-corrected chi connectivity index (χ3v) is 4.09. The van der Waals surface area contributed by atoms with Gasteiger partial charge in [0.15, 0.2) is 5.82 Å². The zero-order valence-corrected chi connectivity index (χ0v) is 12.6. The molecule has 2 aromatic heterocycles. The van der Waals surface area contributed by atoms with E-state index in [1.165, 1.54) is 0 Å². The largest absolute Gasteiger partial charge is 0.370 e. The number of aromatic nitrogens is 4. The van der Waals surface area contributed by atoms with Crippen molar-refractivity contribution in [3.05, 3.63) is 46.6 Å². The van der Waals surface area contributed by atoms with Gasteiger partial charge in [-0.15, -0.1) is 0 Å². The van der Waals surface area contributed by atoms with Gasteiger partial charge in [-0.2, -0.15) is 14.9 Å². The third-order valence-electron chi connectivity index (χ3n) is 3.83. The summed E-state index contributed by atoms with van der Waals surface area (Å²) in [7, 11) is 0. The number of rotatable bonds is 3. The van der Waals surface area contributed by atoms with Crippen LogP contribution in [0.5, 0.6) is 0 Å². The molecule has 1 atom stereocenters. The van der Waals surface area contributed by atoms with Crippen molar-refractivity contribution < 1.29 is 4.74 Å². The lowest BCUT2D eigenvalue weighted by atomic mass is 10.2. The molecule has 1 aliphatic rings. The van der Waals surface area contributed by atoms with Gasteiger partial charge in [0.25, 0.3) is 0 Å². The molecule has 0 aliphatic carbocycles. The molecule has 1 saturated heterocycles. The Morgan fingerprint density at radius 3 is 3.18 bits per heavy atom. The van der Waals surface area contributed by atoms with Crippen molar-refractivity contribution in [3.8, 4) is 0 Å². The van der Waals surface area contributed by atoms with Crippen molar-refractivity contribution in [2.45, 2.75) is 18.9 Å². The molecule has 112 valence electrons. The van der Waals surface area contributed by atoms with Crippen LogP contribution in [-0.2, 0) is 4.74 Å². The summed E-state index contributed by atoms with van der Waals surface area (Å²) in [6.07, 6.45) is 5.68. The molecule has 0 radical (unpaired) electrons. The molecular formula is C15H15N5OS. The van der Waals surface area contributed by atoms with Crippen LogP contribution < -0.4 is 0 Å². The van der Waals surface area contributed by atoms with Gasteiger partial charge >= 0.3 is 0 Å². The van der Waals surface area contributed by atoms with E-state index in [2.05, 4.69) is 26.3 Å². The zero-order chi connectivity index (χ0) is 14.9. The molecular weight excluding hydrogens is 298 g/mol. The Hall–Kier alpha value is -2.25. The van der Waals surface area contributed by atoms with Gasteiger partial charge in [-0.1, -0.05) is 18.2 Å². The summed E-state index contributed by atoms with van der Waals surface area (Å²) < 4.78 is 7.79. The minimum Gasteiger partial charge on any atom is -0.370 e. The Kier molecular flexibility index (Phi) is 3.36. The molecule has 7 heteroatoms. The summed E-state index contributed by atoms with van der Waals surface area (Å²) in [6, 6.07) is 8.10. The van der Waals surface area contributed by atoms with E-state index < -0.39 is 0 Å². The average Bonchev–Trinajstić information content (AvgIpc) is 3.25. The lowest BCUT2D eigenvalue weighted by Gasteiger charge is -2.07. The van der Waals surface area contributed by atoms with Crippen LogP contribution in [0.25, 0.3) is 10.9 Å². The van der Waals surface area contributed by atoms with Crippen LogP contribution in [0.4, 0.5) is 0 Å². The minimum atomic E-state index is -0.0342. The first-order chi connectivity index (χ1) is 10.8. The van der Waals surface area contributed by atoms with Crippen molar-refractivity contribution in [1.82, 2.24) is 19.9 Å². The number of hydrogen-bond acceptors (Lipinski definition) is 4. The molecule has 1 aromatic carbocycles. The van der Waals surface area contributed by atoms with Crippen molar-refractivity contribution in [2.24, 2.45) is 5.10 Å². The van der Waals surface area contributed by atoms with Crippen LogP contribution in [0.1, 0.15) is 30.3 Å². The second-order valence-electron chi connectivity index (χ2n) is 5.23. The highest BCUT2D eigenvalue weighted by Crippen LogP contribution is 2.27. The van der Waals surface area contributed by atoms with Crippen LogP contribution in [0.3, 0.4) is 0 Å². The topological polar surface area (TPSA) is 71.0 Å². The van der Waals surface area contributed by atoms with Gasteiger partial charge in [-0.3, -0.25) is 5.10 Å². The summed E-state index contributed by atoms with van der Waals surface area (Å²) in [4.78, 5) is 3.23. The SMILES string of the molecule is S=c1[nH]nc(C2CCCO2)n1/N=C\c1c[nH]c2ccccc12. The molecule has 1 fully saturated rings. The van der Waals surface area contributed by atoms with Crippen LogP contribution >= 0.6 is 12.2 Å². The monoisotopic (exact) mass is 313 g/mol. The first kappa shape index (κ1) is 13.4. The number of fused-ring (bicyclic) bond motifs is 1. The summed E-state index contributed by atoms with van der Waals surface area (Å²) in [6.45, 7) is 0.760. The van der Waals surface area contributed by atoms with Gasteiger partial charge in [0.05, 0.1) is 6.21 Å². The third kappa shape index (κ3) is 2.28. The summed E-state index contributed by atoms with van der Waals surface area (Å²) in [5.41, 5.74) is 2.09. The summed E-state index contributed by atoms with van der Waals surface area (Å²) in [5, 5.41) is 12.7. The van der Waals surface area contributed by atoms with E-state index in [-0.39, 0.29) is 6.10 Å². The standard InChI is InChI=1S/C15H15N5OS/c22-15-19-18-14(13-6-3-7-21-13)20(15)17-9-10-8-16-12-5-2-1-4-11(10)12/h1-2,4-5,8-9,13,16H,3,6-7H2,(H,19,22)/b17-9-. The van der Waals surface area contributed by atoms with Crippen LogP contribution in [-0.4, -0.2) is 32.7 Å². The number of nitrogens with one attached hydrogen (secondary N) is 2. The molecule has 3 heterocycles. The molecule has 0 saturated carbocycles. The maximum absolute atomic E-state index is 5.67. The highest BCUT2D eigenvalue weighted by molar-refractivity contribution is 7.71. The molecule has 4 rings (SSSR count). The molecule has 6 nitrogen and oxygen atoms in total. The smallest absolute Gasteiger partial charge is 0.216 e. The summed E-state index contributed by atoms with van der Waals surface area (Å²) in [5.74, 6) is 0.735. The molecule has 0 amide bonds. The molecule has 3 aromatic rings. The van der Waals surface area contributed by atoms with E-state index in [9.17, 15) is 0 Å². The van der Waals surface area contributed by atoms with Gasteiger partial charge < -0.3 is 9.72 Å². The van der Waals surface area contributed by atoms with Crippen LogP contribution in [0.2, 0.25) is 0 Å². The Bertz CT molecular complexity index is 885. The van der Waals surface area contributed by atoms with Gasteiger partial charge in [-0.05, 0) is 31.1 Å². The van der Waals surface area contributed by atoms with Gasteiger partial charge in [0.1, 0.15) is 6.10 Å². The Morgan fingerprint density at radius 2 is 2.32 bits per heavy atom. The van der Waals surface area contributed by atoms with Gasteiger partial charge in [-0.25, -0.2) is 0 Å². The van der Waals surface area contributed by atoms with Gasteiger partial charge in [0, 0.05) is 29.3 Å². The second-order valence-corrected chi connectivity index (χ2v) is 5.62. The number of para-hydroxylation sites is 1. The van der Waals surface area contributed by atoms with E-state index in [0.717, 1.165) is 41.7 Å². The second kappa shape index (κ2) is 5.51. The fourth-order valence-corrected chi connectivity index (χ4v) is 2.91. The first-order valence-corrected chi connectivity index (χ1v) is 7.63. The molecule has 0 bridgehead atoms. The summed E-state index contributed by atoms with van der Waals surface area (Å²) >= 11 is 5.27.